The summed E-state index contributed by atoms with van der Waals surface area (Å²) in [5.74, 6) is 1.03. The van der Waals surface area contributed by atoms with E-state index in [1.165, 1.54) is 10.4 Å². The SMILES string of the molecule is O=C(CN1CCN(c2ncccn2)CC1)N1CCc2sccc2C1. The molecule has 1 fully saturated rings. The van der Waals surface area contributed by atoms with E-state index in [-0.39, 0.29) is 5.91 Å². The molecule has 0 aliphatic carbocycles. The molecule has 0 saturated carbocycles. The van der Waals surface area contributed by atoms with Crippen LogP contribution in [0, 0.1) is 0 Å². The first-order valence-corrected chi connectivity index (χ1v) is 9.25. The average Bonchev–Trinajstić information content (AvgIpc) is 3.11. The molecule has 0 atom stereocenters. The fourth-order valence-electron chi connectivity index (χ4n) is 3.31. The summed E-state index contributed by atoms with van der Waals surface area (Å²) in [7, 11) is 0. The predicted molar refractivity (Wildman–Crippen MR) is 94.1 cm³/mol. The minimum absolute atomic E-state index is 0.247. The zero-order valence-corrected chi connectivity index (χ0v) is 14.4. The van der Waals surface area contributed by atoms with E-state index in [2.05, 4.69) is 31.2 Å². The molecule has 4 heterocycles. The van der Waals surface area contributed by atoms with E-state index in [0.29, 0.717) is 6.54 Å². The van der Waals surface area contributed by atoms with E-state index in [0.717, 1.165) is 51.6 Å². The van der Waals surface area contributed by atoms with Gasteiger partial charge >= 0.3 is 0 Å². The third-order valence-corrected chi connectivity index (χ3v) is 5.75. The molecule has 7 heteroatoms. The normalized spacial score (nSPS) is 18.5. The third-order valence-electron chi connectivity index (χ3n) is 4.73. The molecule has 1 amide bonds. The molecule has 0 unspecified atom stereocenters. The van der Waals surface area contributed by atoms with Crippen LogP contribution in [0.3, 0.4) is 0 Å². The Hall–Kier alpha value is -1.99. The monoisotopic (exact) mass is 343 g/mol. The first kappa shape index (κ1) is 15.5. The van der Waals surface area contributed by atoms with Crippen LogP contribution in [-0.4, -0.2) is 64.9 Å². The van der Waals surface area contributed by atoms with Gasteiger partial charge in [0.05, 0.1) is 6.54 Å². The Kier molecular flexibility index (Phi) is 4.44. The Balaban J connectivity index is 1.29. The minimum Gasteiger partial charge on any atom is -0.338 e. The van der Waals surface area contributed by atoms with Crippen LogP contribution in [0.25, 0.3) is 0 Å². The molecule has 24 heavy (non-hydrogen) atoms. The second kappa shape index (κ2) is 6.86. The molecule has 2 aliphatic heterocycles. The lowest BCUT2D eigenvalue weighted by Gasteiger charge is -2.36. The van der Waals surface area contributed by atoms with Gasteiger partial charge in [0.25, 0.3) is 0 Å². The quantitative estimate of drug-likeness (QED) is 0.839. The largest absolute Gasteiger partial charge is 0.338 e. The molecule has 0 spiro atoms. The van der Waals surface area contributed by atoms with E-state index < -0.39 is 0 Å². The van der Waals surface area contributed by atoms with Crippen LogP contribution in [0.5, 0.6) is 0 Å². The molecule has 126 valence electrons. The number of amides is 1. The molecular formula is C17H21N5OS. The van der Waals surface area contributed by atoms with E-state index in [4.69, 9.17) is 0 Å². The lowest BCUT2D eigenvalue weighted by Crippen LogP contribution is -2.51. The van der Waals surface area contributed by atoms with Gasteiger partial charge in [-0.2, -0.15) is 0 Å². The Bertz CT molecular complexity index is 696. The molecule has 6 nitrogen and oxygen atoms in total. The van der Waals surface area contributed by atoms with Crippen molar-refractivity contribution in [2.75, 3.05) is 44.2 Å². The highest BCUT2D eigenvalue weighted by Crippen LogP contribution is 2.24. The smallest absolute Gasteiger partial charge is 0.237 e. The molecule has 2 aromatic rings. The molecule has 2 aliphatic rings. The van der Waals surface area contributed by atoms with Gasteiger partial charge in [0.1, 0.15) is 0 Å². The highest BCUT2D eigenvalue weighted by atomic mass is 32.1. The van der Waals surface area contributed by atoms with E-state index in [9.17, 15) is 4.79 Å². The highest BCUT2D eigenvalue weighted by molar-refractivity contribution is 7.10. The number of carbonyl (C=O) groups excluding carboxylic acids is 1. The van der Waals surface area contributed by atoms with Gasteiger partial charge in [-0.15, -0.1) is 11.3 Å². The maximum Gasteiger partial charge on any atom is 0.237 e. The van der Waals surface area contributed by atoms with E-state index in [1.54, 1.807) is 12.4 Å². The van der Waals surface area contributed by atoms with Gasteiger partial charge < -0.3 is 9.80 Å². The molecule has 4 rings (SSSR count). The summed E-state index contributed by atoms with van der Waals surface area (Å²) < 4.78 is 0. The fraction of sp³-hybridized carbons (Fsp3) is 0.471. The van der Waals surface area contributed by atoms with E-state index >= 15 is 0 Å². The van der Waals surface area contributed by atoms with Crippen molar-refractivity contribution in [1.29, 1.82) is 0 Å². The number of piperazine rings is 1. The van der Waals surface area contributed by atoms with Crippen molar-refractivity contribution in [3.05, 3.63) is 40.3 Å². The zero-order chi connectivity index (χ0) is 16.4. The third kappa shape index (κ3) is 3.27. The maximum absolute atomic E-state index is 12.6. The average molecular weight is 343 g/mol. The summed E-state index contributed by atoms with van der Waals surface area (Å²) in [5, 5.41) is 2.13. The van der Waals surface area contributed by atoms with Crippen molar-refractivity contribution >= 4 is 23.2 Å². The van der Waals surface area contributed by atoms with Crippen molar-refractivity contribution in [3.63, 3.8) is 0 Å². The Morgan fingerprint density at radius 3 is 2.71 bits per heavy atom. The lowest BCUT2D eigenvalue weighted by atomic mass is 10.1. The van der Waals surface area contributed by atoms with Crippen LogP contribution in [0.4, 0.5) is 5.95 Å². The minimum atomic E-state index is 0.247. The summed E-state index contributed by atoms with van der Waals surface area (Å²) in [6, 6.07) is 3.98. The van der Waals surface area contributed by atoms with Gasteiger partial charge in [0.2, 0.25) is 11.9 Å². The summed E-state index contributed by atoms with van der Waals surface area (Å²) >= 11 is 1.81. The molecule has 0 aromatic carbocycles. The molecular weight excluding hydrogens is 322 g/mol. The maximum atomic E-state index is 12.6. The first-order chi connectivity index (χ1) is 11.8. The lowest BCUT2D eigenvalue weighted by molar-refractivity contribution is -0.133. The summed E-state index contributed by atoms with van der Waals surface area (Å²) in [6.07, 6.45) is 4.54. The van der Waals surface area contributed by atoms with Crippen LogP contribution >= 0.6 is 11.3 Å². The standard InChI is InChI=1S/C17H21N5OS/c23-16(22-6-2-15-14(12-22)3-11-24-15)13-20-7-9-21(10-8-20)17-18-4-1-5-19-17/h1,3-5,11H,2,6-10,12-13H2. The van der Waals surface area contributed by atoms with Gasteiger partial charge in [-0.25, -0.2) is 9.97 Å². The van der Waals surface area contributed by atoms with Crippen molar-refractivity contribution in [2.45, 2.75) is 13.0 Å². The highest BCUT2D eigenvalue weighted by Gasteiger charge is 2.25. The summed E-state index contributed by atoms with van der Waals surface area (Å²) in [4.78, 5) is 29.1. The molecule has 0 bridgehead atoms. The number of fused-ring (bicyclic) bond motifs is 1. The van der Waals surface area contributed by atoms with Gasteiger partial charge in [-0.3, -0.25) is 9.69 Å². The molecule has 0 N–H and O–H groups in total. The van der Waals surface area contributed by atoms with Crippen LogP contribution in [0.1, 0.15) is 10.4 Å². The predicted octanol–water partition coefficient (Wildman–Crippen LogP) is 1.24. The van der Waals surface area contributed by atoms with Crippen LogP contribution < -0.4 is 4.90 Å². The summed E-state index contributed by atoms with van der Waals surface area (Å²) in [6.45, 7) is 5.63. The molecule has 1 saturated heterocycles. The van der Waals surface area contributed by atoms with Crippen LogP contribution in [0.2, 0.25) is 0 Å². The fourth-order valence-corrected chi connectivity index (χ4v) is 4.20. The number of anilines is 1. The Morgan fingerprint density at radius 1 is 1.12 bits per heavy atom. The number of rotatable bonds is 3. The molecule has 2 aromatic heterocycles. The van der Waals surface area contributed by atoms with Crippen molar-refractivity contribution < 1.29 is 4.79 Å². The number of nitrogens with zero attached hydrogens (tertiary/aromatic N) is 5. The van der Waals surface area contributed by atoms with Gasteiger partial charge in [0, 0.05) is 56.5 Å². The van der Waals surface area contributed by atoms with Gasteiger partial charge in [0.15, 0.2) is 0 Å². The first-order valence-electron chi connectivity index (χ1n) is 8.37. The second-order valence-corrected chi connectivity index (χ2v) is 7.25. The second-order valence-electron chi connectivity index (χ2n) is 6.25. The van der Waals surface area contributed by atoms with E-state index in [1.807, 2.05) is 22.3 Å². The van der Waals surface area contributed by atoms with Crippen molar-refractivity contribution in [2.24, 2.45) is 0 Å². The van der Waals surface area contributed by atoms with Crippen molar-refractivity contribution in [1.82, 2.24) is 19.8 Å². The zero-order valence-electron chi connectivity index (χ0n) is 13.6. The van der Waals surface area contributed by atoms with Crippen LogP contribution in [-0.2, 0) is 17.8 Å². The Labute approximate surface area is 145 Å². The number of hydrogen-bond acceptors (Lipinski definition) is 6. The van der Waals surface area contributed by atoms with Gasteiger partial charge in [-0.1, -0.05) is 0 Å². The summed E-state index contributed by atoms with van der Waals surface area (Å²) in [5.41, 5.74) is 1.32. The number of thiophene rings is 1. The van der Waals surface area contributed by atoms with Crippen LogP contribution in [0.15, 0.2) is 29.9 Å². The topological polar surface area (TPSA) is 52.6 Å². The number of hydrogen-bond donors (Lipinski definition) is 0. The number of carbonyl (C=O) groups is 1. The Morgan fingerprint density at radius 2 is 1.92 bits per heavy atom. The van der Waals surface area contributed by atoms with Crippen molar-refractivity contribution in [3.8, 4) is 0 Å². The molecule has 0 radical (unpaired) electrons. The van der Waals surface area contributed by atoms with Gasteiger partial charge in [-0.05, 0) is 29.5 Å². The number of aromatic nitrogens is 2.